The summed E-state index contributed by atoms with van der Waals surface area (Å²) in [5.41, 5.74) is 1.28. The van der Waals surface area contributed by atoms with Crippen molar-refractivity contribution in [2.24, 2.45) is 5.92 Å². The van der Waals surface area contributed by atoms with Gasteiger partial charge in [0.2, 0.25) is 5.91 Å². The van der Waals surface area contributed by atoms with Gasteiger partial charge in [0.25, 0.3) is 5.71 Å². The van der Waals surface area contributed by atoms with Crippen LogP contribution in [0.5, 0.6) is 0 Å². The number of unbranched alkanes of at least 4 members (excludes halogenated alkanes) is 1. The van der Waals surface area contributed by atoms with Crippen LogP contribution in [-0.4, -0.2) is 65.2 Å². The Hall–Kier alpha value is -2.22. The second kappa shape index (κ2) is 9.82. The van der Waals surface area contributed by atoms with Gasteiger partial charge in [-0.3, -0.25) is 4.79 Å². The maximum Gasteiger partial charge on any atom is 0.263 e. The molecule has 8 heteroatoms. The number of fused-ring (bicyclic) bond motifs is 1. The summed E-state index contributed by atoms with van der Waals surface area (Å²) in [6.45, 7) is 11.5. The minimum atomic E-state index is -0.0235. The lowest BCUT2D eigenvalue weighted by molar-refractivity contribution is -0.125. The quantitative estimate of drug-likeness (QED) is 0.705. The molecule has 3 heterocycles. The number of likely N-dealkylation sites (N-methyl/N-ethyl adjacent to an activating group) is 1. The van der Waals surface area contributed by atoms with E-state index in [0.717, 1.165) is 55.9 Å². The molecule has 0 aromatic carbocycles. The smallest absolute Gasteiger partial charge is 0.263 e. The monoisotopic (exact) mass is 388 g/mol. The lowest BCUT2D eigenvalue weighted by Crippen LogP contribution is -2.45. The van der Waals surface area contributed by atoms with E-state index >= 15 is 0 Å². The minimum absolute atomic E-state index is 0.0235. The summed E-state index contributed by atoms with van der Waals surface area (Å²) < 4.78 is 5.26. The molecular weight excluding hydrogens is 356 g/mol. The van der Waals surface area contributed by atoms with E-state index in [4.69, 9.17) is 4.52 Å². The largest absolute Gasteiger partial charge is 0.355 e. The third-order valence-corrected chi connectivity index (χ3v) is 5.52. The zero-order valence-corrected chi connectivity index (χ0v) is 17.3. The molecular formula is C20H32N6O2. The van der Waals surface area contributed by atoms with Crippen molar-refractivity contribution in [2.75, 3.05) is 44.2 Å². The van der Waals surface area contributed by atoms with Gasteiger partial charge in [-0.1, -0.05) is 25.4 Å². The molecule has 154 valence electrons. The van der Waals surface area contributed by atoms with Crippen LogP contribution in [0.25, 0.3) is 11.1 Å². The topological polar surface area (TPSA) is 87.4 Å². The molecule has 0 radical (unpaired) electrons. The van der Waals surface area contributed by atoms with Gasteiger partial charge in [-0.25, -0.2) is 4.98 Å². The highest BCUT2D eigenvalue weighted by molar-refractivity contribution is 5.88. The van der Waals surface area contributed by atoms with Gasteiger partial charge in [-0.05, 0) is 39.3 Å². The Morgan fingerprint density at radius 2 is 2.21 bits per heavy atom. The van der Waals surface area contributed by atoms with Crippen LogP contribution in [0.15, 0.2) is 10.9 Å². The summed E-state index contributed by atoms with van der Waals surface area (Å²) in [4.78, 5) is 25.9. The minimum Gasteiger partial charge on any atom is -0.355 e. The summed E-state index contributed by atoms with van der Waals surface area (Å²) in [6.07, 6.45) is 5.78. The van der Waals surface area contributed by atoms with E-state index in [1.165, 1.54) is 19.2 Å². The number of hydrogen-bond donors (Lipinski definition) is 1. The first-order valence-corrected chi connectivity index (χ1v) is 10.5. The summed E-state index contributed by atoms with van der Waals surface area (Å²) in [5, 5.41) is 7.99. The molecule has 0 bridgehead atoms. The van der Waals surface area contributed by atoms with Crippen LogP contribution >= 0.6 is 0 Å². The Morgan fingerprint density at radius 1 is 1.36 bits per heavy atom. The first-order chi connectivity index (χ1) is 13.6. The molecule has 0 saturated carbocycles. The van der Waals surface area contributed by atoms with Gasteiger partial charge in [-0.15, -0.1) is 0 Å². The molecule has 1 N–H and O–H groups in total. The third kappa shape index (κ3) is 4.79. The van der Waals surface area contributed by atoms with Crippen LogP contribution in [0.1, 0.15) is 45.2 Å². The predicted octanol–water partition coefficient (Wildman–Crippen LogP) is 2.38. The molecule has 1 amide bonds. The fraction of sp³-hybridized carbons (Fsp3) is 0.700. The van der Waals surface area contributed by atoms with Crippen LogP contribution in [0.3, 0.4) is 0 Å². The molecule has 1 aliphatic rings. The molecule has 28 heavy (non-hydrogen) atoms. The van der Waals surface area contributed by atoms with Crippen molar-refractivity contribution in [1.29, 1.82) is 0 Å². The van der Waals surface area contributed by atoms with Gasteiger partial charge in [0, 0.05) is 26.2 Å². The number of hydrogen-bond acceptors (Lipinski definition) is 7. The number of piperidine rings is 1. The molecule has 3 rings (SSSR count). The summed E-state index contributed by atoms with van der Waals surface area (Å²) in [6, 6.07) is 0. The van der Waals surface area contributed by atoms with Gasteiger partial charge < -0.3 is 19.6 Å². The number of nitrogens with zero attached hydrogens (tertiary/aromatic N) is 5. The number of anilines is 1. The molecule has 1 atom stereocenters. The van der Waals surface area contributed by atoms with Crippen LogP contribution in [0.4, 0.5) is 5.82 Å². The maximum atomic E-state index is 12.7. The van der Waals surface area contributed by atoms with Crippen LogP contribution in [0, 0.1) is 12.8 Å². The van der Waals surface area contributed by atoms with E-state index in [1.807, 2.05) is 6.92 Å². The Bertz CT molecular complexity index is 777. The Labute approximate surface area is 166 Å². The first-order valence-electron chi connectivity index (χ1n) is 10.5. The molecule has 1 fully saturated rings. The van der Waals surface area contributed by atoms with Crippen molar-refractivity contribution in [2.45, 2.75) is 46.5 Å². The van der Waals surface area contributed by atoms with Crippen molar-refractivity contribution in [3.8, 4) is 0 Å². The average Bonchev–Trinajstić information content (AvgIpc) is 3.11. The third-order valence-electron chi connectivity index (χ3n) is 5.52. The average molecular weight is 389 g/mol. The number of carbonyl (C=O) groups is 1. The zero-order chi connectivity index (χ0) is 19.9. The van der Waals surface area contributed by atoms with E-state index in [-0.39, 0.29) is 11.8 Å². The van der Waals surface area contributed by atoms with Crippen molar-refractivity contribution < 1.29 is 9.32 Å². The number of aryl methyl sites for hydroxylation is 1. The molecule has 0 aliphatic carbocycles. The highest BCUT2D eigenvalue weighted by atomic mass is 16.5. The standard InChI is InChI=1S/C20H32N6O2/c1-4-6-10-25(5-2)12-9-21-19(27)16-8-7-11-26(13-16)18-17-15(3)24-28-20(17)23-14-22-18/h14,16H,4-13H2,1-3H3,(H,21,27)/t16-/m1/s1. The molecule has 1 aliphatic heterocycles. The summed E-state index contributed by atoms with van der Waals surface area (Å²) >= 11 is 0. The number of carbonyl (C=O) groups excluding carboxylic acids is 1. The van der Waals surface area contributed by atoms with Crippen molar-refractivity contribution in [3.05, 3.63) is 12.0 Å². The fourth-order valence-corrected chi connectivity index (χ4v) is 3.82. The molecule has 2 aromatic rings. The normalized spacial score (nSPS) is 17.4. The Balaban J connectivity index is 1.57. The van der Waals surface area contributed by atoms with E-state index < -0.39 is 0 Å². The van der Waals surface area contributed by atoms with Crippen molar-refractivity contribution in [3.63, 3.8) is 0 Å². The van der Waals surface area contributed by atoms with Crippen LogP contribution < -0.4 is 10.2 Å². The molecule has 0 spiro atoms. The van der Waals surface area contributed by atoms with E-state index in [1.54, 1.807) is 0 Å². The van der Waals surface area contributed by atoms with E-state index in [9.17, 15) is 4.79 Å². The number of rotatable bonds is 9. The van der Waals surface area contributed by atoms with Gasteiger partial charge in [0.15, 0.2) is 0 Å². The lowest BCUT2D eigenvalue weighted by Gasteiger charge is -2.33. The lowest BCUT2D eigenvalue weighted by atomic mass is 9.97. The first kappa shape index (κ1) is 20.5. The second-order valence-electron chi connectivity index (χ2n) is 7.51. The SMILES string of the molecule is CCCCN(CC)CCNC(=O)[C@@H]1CCCN(c2ncnc3onc(C)c23)C1. The fourth-order valence-electron chi connectivity index (χ4n) is 3.82. The maximum absolute atomic E-state index is 12.7. The van der Waals surface area contributed by atoms with Gasteiger partial charge in [0.1, 0.15) is 17.5 Å². The van der Waals surface area contributed by atoms with Crippen LogP contribution in [-0.2, 0) is 4.79 Å². The van der Waals surface area contributed by atoms with Gasteiger partial charge in [0.05, 0.1) is 11.6 Å². The molecule has 8 nitrogen and oxygen atoms in total. The predicted molar refractivity (Wildman–Crippen MR) is 109 cm³/mol. The van der Waals surface area contributed by atoms with E-state index in [2.05, 4.69) is 44.1 Å². The second-order valence-corrected chi connectivity index (χ2v) is 7.51. The van der Waals surface area contributed by atoms with Gasteiger partial charge >= 0.3 is 0 Å². The Kier molecular flexibility index (Phi) is 7.19. The Morgan fingerprint density at radius 3 is 3.00 bits per heavy atom. The highest BCUT2D eigenvalue weighted by Crippen LogP contribution is 2.29. The van der Waals surface area contributed by atoms with E-state index in [0.29, 0.717) is 18.8 Å². The van der Waals surface area contributed by atoms with Gasteiger partial charge in [-0.2, -0.15) is 4.98 Å². The summed E-state index contributed by atoms with van der Waals surface area (Å²) in [5.74, 6) is 0.936. The van der Waals surface area contributed by atoms with Crippen LogP contribution in [0.2, 0.25) is 0 Å². The molecule has 2 aromatic heterocycles. The molecule has 1 saturated heterocycles. The molecule has 0 unspecified atom stereocenters. The van der Waals surface area contributed by atoms with Crippen molar-refractivity contribution >= 4 is 22.8 Å². The van der Waals surface area contributed by atoms with Crippen molar-refractivity contribution in [1.82, 2.24) is 25.3 Å². The highest BCUT2D eigenvalue weighted by Gasteiger charge is 2.28. The number of aromatic nitrogens is 3. The number of nitrogens with one attached hydrogen (secondary N) is 1. The zero-order valence-electron chi connectivity index (χ0n) is 17.3. The summed E-state index contributed by atoms with van der Waals surface area (Å²) in [7, 11) is 0. The number of amides is 1.